The highest BCUT2D eigenvalue weighted by atomic mass is 31.2. The van der Waals surface area contributed by atoms with E-state index in [2.05, 4.69) is 4.98 Å². The standard InChI is InChI=1S/C36H38FN4O9P/c1-3-47-35(44)24(2)49-51(46,50-27-8-5-4-6-9-27)21-20-39-16-18-40(19-17-39)36(45)48-33-28-10-7-15-38-31(28)32(42)30-29(33)23-41(34(30)43)22-25-11-13-26(37)14-12-25/h4-15,24,42H,3,16-23H2,1-2H3/t24-,51?/m0/s1. The van der Waals surface area contributed by atoms with Gasteiger partial charge in [-0.3, -0.25) is 19.2 Å². The van der Waals surface area contributed by atoms with Crippen LogP contribution in [0.3, 0.4) is 0 Å². The van der Waals surface area contributed by atoms with E-state index in [-0.39, 0.29) is 61.5 Å². The van der Waals surface area contributed by atoms with Gasteiger partial charge in [-0.2, -0.15) is 0 Å². The summed E-state index contributed by atoms with van der Waals surface area (Å²) in [4.78, 5) is 48.6. The molecule has 0 spiro atoms. The summed E-state index contributed by atoms with van der Waals surface area (Å²) in [7, 11) is -3.81. The number of fused-ring (bicyclic) bond motifs is 2. The van der Waals surface area contributed by atoms with E-state index in [9.17, 15) is 28.4 Å². The molecule has 1 aromatic heterocycles. The van der Waals surface area contributed by atoms with Gasteiger partial charge >= 0.3 is 19.7 Å². The predicted molar refractivity (Wildman–Crippen MR) is 184 cm³/mol. The summed E-state index contributed by atoms with van der Waals surface area (Å²) >= 11 is 0. The van der Waals surface area contributed by atoms with Gasteiger partial charge in [-0.25, -0.2) is 18.5 Å². The highest BCUT2D eigenvalue weighted by Gasteiger charge is 2.38. The highest BCUT2D eigenvalue weighted by Crippen LogP contribution is 2.49. The second-order valence-corrected chi connectivity index (χ2v) is 14.2. The Morgan fingerprint density at radius 3 is 2.45 bits per heavy atom. The molecule has 2 amide bonds. The number of phenolic OH excluding ortho intramolecular Hbond substituents is 1. The number of phenols is 1. The predicted octanol–water partition coefficient (Wildman–Crippen LogP) is 5.59. The number of rotatable bonds is 12. The summed E-state index contributed by atoms with van der Waals surface area (Å²) in [6, 6.07) is 17.7. The lowest BCUT2D eigenvalue weighted by Crippen LogP contribution is -2.50. The summed E-state index contributed by atoms with van der Waals surface area (Å²) in [5, 5.41) is 11.5. The van der Waals surface area contributed by atoms with Crippen molar-refractivity contribution in [3.8, 4) is 17.2 Å². The lowest BCUT2D eigenvalue weighted by atomic mass is 10.0. The van der Waals surface area contributed by atoms with Crippen molar-refractivity contribution < 1.29 is 47.0 Å². The van der Waals surface area contributed by atoms with E-state index in [0.717, 1.165) is 0 Å². The minimum atomic E-state index is -3.81. The summed E-state index contributed by atoms with van der Waals surface area (Å²) in [6.07, 6.45) is -0.288. The second-order valence-electron chi connectivity index (χ2n) is 12.2. The topological polar surface area (TPSA) is 148 Å². The minimum absolute atomic E-state index is 0.0116. The van der Waals surface area contributed by atoms with Gasteiger partial charge in [0.25, 0.3) is 5.91 Å². The van der Waals surface area contributed by atoms with Gasteiger partial charge in [0.1, 0.15) is 22.8 Å². The van der Waals surface area contributed by atoms with Gasteiger partial charge in [-0.1, -0.05) is 30.3 Å². The largest absolute Gasteiger partial charge is 0.505 e. The molecular formula is C36H38FN4O9P. The van der Waals surface area contributed by atoms with E-state index in [1.54, 1.807) is 61.5 Å². The maximum atomic E-state index is 13.9. The fourth-order valence-electron chi connectivity index (χ4n) is 6.05. The van der Waals surface area contributed by atoms with Gasteiger partial charge in [0.2, 0.25) is 0 Å². The van der Waals surface area contributed by atoms with E-state index in [1.165, 1.54) is 35.1 Å². The maximum Gasteiger partial charge on any atom is 0.415 e. The van der Waals surface area contributed by atoms with E-state index < -0.39 is 37.5 Å². The van der Waals surface area contributed by atoms with Crippen LogP contribution in [0.25, 0.3) is 10.9 Å². The molecule has 6 rings (SSSR count). The molecule has 3 aromatic carbocycles. The van der Waals surface area contributed by atoms with E-state index in [0.29, 0.717) is 41.9 Å². The Morgan fingerprint density at radius 2 is 1.75 bits per heavy atom. The molecule has 1 saturated heterocycles. The molecule has 2 aliphatic heterocycles. The Morgan fingerprint density at radius 1 is 1.02 bits per heavy atom. The second kappa shape index (κ2) is 15.5. The number of carbonyl (C=O) groups excluding carboxylic acids is 3. The number of para-hydroxylation sites is 1. The number of hydrogen-bond acceptors (Lipinski definition) is 11. The molecule has 13 nitrogen and oxygen atoms in total. The molecule has 0 saturated carbocycles. The molecule has 2 aliphatic rings. The van der Waals surface area contributed by atoms with Crippen LogP contribution >= 0.6 is 7.60 Å². The number of ether oxygens (including phenoxy) is 2. The van der Waals surface area contributed by atoms with Gasteiger partial charge in [-0.15, -0.1) is 0 Å². The van der Waals surface area contributed by atoms with Crippen molar-refractivity contribution in [2.45, 2.75) is 33.0 Å². The molecule has 1 N–H and O–H groups in total. The zero-order valence-electron chi connectivity index (χ0n) is 28.2. The molecule has 3 heterocycles. The number of nitrogens with zero attached hydrogens (tertiary/aromatic N) is 4. The first-order valence-corrected chi connectivity index (χ1v) is 18.3. The number of amides is 2. The molecule has 268 valence electrons. The first-order valence-electron chi connectivity index (χ1n) is 16.6. The molecular weight excluding hydrogens is 682 g/mol. The van der Waals surface area contributed by atoms with E-state index in [1.807, 2.05) is 4.90 Å². The van der Waals surface area contributed by atoms with Gasteiger partial charge < -0.3 is 28.9 Å². The molecule has 0 aliphatic carbocycles. The van der Waals surface area contributed by atoms with Gasteiger partial charge in [0, 0.05) is 56.4 Å². The minimum Gasteiger partial charge on any atom is -0.505 e. The third-order valence-electron chi connectivity index (χ3n) is 8.66. The van der Waals surface area contributed by atoms with Crippen LogP contribution in [-0.2, 0) is 31.7 Å². The Bertz CT molecular complexity index is 1960. The number of aromatic nitrogens is 1. The zero-order chi connectivity index (χ0) is 36.1. The van der Waals surface area contributed by atoms with Crippen LogP contribution in [0.15, 0.2) is 72.9 Å². The quantitative estimate of drug-likeness (QED) is 0.144. The first-order chi connectivity index (χ1) is 24.5. The first kappa shape index (κ1) is 35.8. The van der Waals surface area contributed by atoms with E-state index in [4.69, 9.17) is 18.5 Å². The number of esters is 1. The monoisotopic (exact) mass is 720 g/mol. The number of hydrogen-bond donors (Lipinski definition) is 1. The van der Waals surface area contributed by atoms with Crippen molar-refractivity contribution >= 4 is 36.5 Å². The van der Waals surface area contributed by atoms with Crippen molar-refractivity contribution in [1.29, 1.82) is 0 Å². The molecule has 51 heavy (non-hydrogen) atoms. The molecule has 1 fully saturated rings. The van der Waals surface area contributed by atoms with Gasteiger partial charge in [-0.05, 0) is 55.8 Å². The number of aromatic hydroxyl groups is 1. The molecule has 2 atom stereocenters. The van der Waals surface area contributed by atoms with Crippen LogP contribution in [-0.4, -0.2) is 94.4 Å². The van der Waals surface area contributed by atoms with Crippen molar-refractivity contribution in [3.63, 3.8) is 0 Å². The Labute approximate surface area is 294 Å². The number of pyridine rings is 1. The lowest BCUT2D eigenvalue weighted by Gasteiger charge is -2.34. The fraction of sp³-hybridized carbons (Fsp3) is 0.333. The molecule has 0 bridgehead atoms. The highest BCUT2D eigenvalue weighted by molar-refractivity contribution is 7.54. The molecule has 0 radical (unpaired) electrons. The van der Waals surface area contributed by atoms with Crippen molar-refractivity contribution in [1.82, 2.24) is 19.7 Å². The van der Waals surface area contributed by atoms with Crippen molar-refractivity contribution in [2.75, 3.05) is 45.5 Å². The zero-order valence-corrected chi connectivity index (χ0v) is 29.1. The smallest absolute Gasteiger partial charge is 0.415 e. The van der Waals surface area contributed by atoms with Gasteiger partial charge in [0.05, 0.1) is 24.9 Å². The average molecular weight is 721 g/mol. The molecule has 15 heteroatoms. The van der Waals surface area contributed by atoms with E-state index >= 15 is 0 Å². The van der Waals surface area contributed by atoms with Crippen LogP contribution in [0.5, 0.6) is 17.2 Å². The summed E-state index contributed by atoms with van der Waals surface area (Å²) in [5.74, 6) is -1.32. The third kappa shape index (κ3) is 8.14. The summed E-state index contributed by atoms with van der Waals surface area (Å²) in [6.45, 7) is 5.22. The number of benzene rings is 3. The fourth-order valence-corrected chi connectivity index (χ4v) is 7.82. The van der Waals surface area contributed by atoms with Crippen LogP contribution in [0.2, 0.25) is 0 Å². The third-order valence-corrected chi connectivity index (χ3v) is 10.5. The maximum absolute atomic E-state index is 13.9. The van der Waals surface area contributed by atoms with Crippen LogP contribution < -0.4 is 9.26 Å². The average Bonchev–Trinajstić information content (AvgIpc) is 3.46. The number of piperazine rings is 1. The Balaban J connectivity index is 1.12. The van der Waals surface area contributed by atoms with Gasteiger partial charge in [0.15, 0.2) is 11.9 Å². The SMILES string of the molecule is CCOC(=O)[C@H](C)OP(=O)(CCN1CCN(C(=O)Oc2c3c(c(O)c4ncccc24)C(=O)N(Cc2ccc(F)cc2)C3)CC1)Oc1ccccc1. The Hall–Kier alpha value is -5.04. The number of halogens is 1. The normalized spacial score (nSPS) is 16.4. The van der Waals surface area contributed by atoms with Crippen molar-refractivity contribution in [2.24, 2.45) is 0 Å². The molecule has 4 aromatic rings. The molecule has 1 unspecified atom stereocenters. The van der Waals surface area contributed by atoms with Crippen molar-refractivity contribution in [3.05, 3.63) is 95.4 Å². The van der Waals surface area contributed by atoms with Crippen LogP contribution in [0.1, 0.15) is 35.3 Å². The van der Waals surface area contributed by atoms with Crippen LogP contribution in [0, 0.1) is 5.82 Å². The summed E-state index contributed by atoms with van der Waals surface area (Å²) < 4.78 is 49.9. The summed E-state index contributed by atoms with van der Waals surface area (Å²) in [5.41, 5.74) is 1.19. The Kier molecular flexibility index (Phi) is 10.8. The van der Waals surface area contributed by atoms with Crippen LogP contribution in [0.4, 0.5) is 9.18 Å². The lowest BCUT2D eigenvalue weighted by molar-refractivity contribution is -0.150. The number of carbonyl (C=O) groups is 3.